The number of alkyl halides is 2. The van der Waals surface area contributed by atoms with E-state index in [4.69, 9.17) is 4.74 Å². The highest BCUT2D eigenvalue weighted by molar-refractivity contribution is 6.01. The third-order valence-corrected chi connectivity index (χ3v) is 9.31. The topological polar surface area (TPSA) is 94.8 Å². The Kier molecular flexibility index (Phi) is 7.24. The van der Waals surface area contributed by atoms with Crippen LogP contribution in [0.5, 0.6) is 11.8 Å². The number of hydrogen-bond donors (Lipinski definition) is 2. The van der Waals surface area contributed by atoms with Crippen LogP contribution >= 0.6 is 0 Å². The standard InChI is InChI=1S/C32H33F4N5O3/c1-2-22-25(35)5-4-17-8-20(42)10-23(26(17)22)28-27(36)29-24(12-37-28)30(40-13-18(33)9-21(43)15-40)39-31(38-29)44-16-32-6-3-7-41(32)14-19(34)11-32/h4-5,8,10,12,18-19,21,42-43H,2-3,6-7,9,11,13-16H2,1H3/t18-,19-,21+,32+/m1/s1. The first-order valence-electron chi connectivity index (χ1n) is 15.1. The fraction of sp³-hybridized carbons (Fsp3) is 0.469. The van der Waals surface area contributed by atoms with Gasteiger partial charge in [-0.25, -0.2) is 17.6 Å². The number of aromatic hydroxyl groups is 1. The van der Waals surface area contributed by atoms with E-state index in [0.717, 1.165) is 19.4 Å². The number of halogens is 4. The number of piperidine rings is 1. The van der Waals surface area contributed by atoms with Gasteiger partial charge in [0.15, 0.2) is 5.82 Å². The lowest BCUT2D eigenvalue weighted by molar-refractivity contribution is 0.106. The molecule has 3 aliphatic heterocycles. The molecule has 4 atom stereocenters. The molecule has 3 aliphatic rings. The number of aryl methyl sites for hydroxylation is 1. The minimum Gasteiger partial charge on any atom is -0.508 e. The first kappa shape index (κ1) is 29.0. The number of benzene rings is 2. The second kappa shape index (κ2) is 11.0. The predicted octanol–water partition coefficient (Wildman–Crippen LogP) is 5.26. The Labute approximate surface area is 251 Å². The maximum atomic E-state index is 16.7. The Hall–Kier alpha value is -3.77. The van der Waals surface area contributed by atoms with Crippen LogP contribution in [0.15, 0.2) is 30.5 Å². The Morgan fingerprint density at radius 3 is 2.73 bits per heavy atom. The van der Waals surface area contributed by atoms with Crippen LogP contribution in [0.4, 0.5) is 23.4 Å². The molecule has 232 valence electrons. The zero-order valence-electron chi connectivity index (χ0n) is 24.2. The fourth-order valence-electron chi connectivity index (χ4n) is 7.38. The number of rotatable bonds is 6. The van der Waals surface area contributed by atoms with Crippen molar-refractivity contribution in [1.29, 1.82) is 0 Å². The predicted molar refractivity (Wildman–Crippen MR) is 158 cm³/mol. The Morgan fingerprint density at radius 1 is 1.09 bits per heavy atom. The molecule has 0 aliphatic carbocycles. The number of aliphatic hydroxyl groups excluding tert-OH is 1. The molecule has 3 fully saturated rings. The van der Waals surface area contributed by atoms with Crippen molar-refractivity contribution in [1.82, 2.24) is 19.9 Å². The molecule has 12 heteroatoms. The first-order valence-corrected chi connectivity index (χ1v) is 15.1. The Morgan fingerprint density at radius 2 is 1.93 bits per heavy atom. The van der Waals surface area contributed by atoms with Crippen LogP contribution in [0.3, 0.4) is 0 Å². The van der Waals surface area contributed by atoms with Crippen molar-refractivity contribution in [2.24, 2.45) is 0 Å². The summed E-state index contributed by atoms with van der Waals surface area (Å²) in [5.41, 5.74) is -0.284. The number of phenolic OH excluding ortho intramolecular Hbond substituents is 1. The van der Waals surface area contributed by atoms with Crippen LogP contribution in [0, 0.1) is 11.6 Å². The average molecular weight is 612 g/mol. The van der Waals surface area contributed by atoms with Crippen molar-refractivity contribution in [3.63, 3.8) is 0 Å². The van der Waals surface area contributed by atoms with Gasteiger partial charge in [0.2, 0.25) is 0 Å². The summed E-state index contributed by atoms with van der Waals surface area (Å²) in [5, 5.41) is 21.9. The summed E-state index contributed by atoms with van der Waals surface area (Å²) in [6, 6.07) is 5.48. The molecule has 0 spiro atoms. The van der Waals surface area contributed by atoms with Crippen molar-refractivity contribution < 1.29 is 32.5 Å². The number of β-amino-alcohol motifs (C(OH)–C–C–N with tert-alkyl or cyclic N) is 1. The summed E-state index contributed by atoms with van der Waals surface area (Å²) in [6.45, 7) is 2.96. The fourth-order valence-corrected chi connectivity index (χ4v) is 7.38. The van der Waals surface area contributed by atoms with Gasteiger partial charge in [0.05, 0.1) is 23.6 Å². The molecule has 2 aromatic carbocycles. The van der Waals surface area contributed by atoms with Gasteiger partial charge < -0.3 is 19.8 Å². The summed E-state index contributed by atoms with van der Waals surface area (Å²) in [6.07, 6.45) is 0.371. The highest BCUT2D eigenvalue weighted by Gasteiger charge is 2.49. The number of pyridine rings is 1. The molecule has 0 bridgehead atoms. The third-order valence-electron chi connectivity index (χ3n) is 9.31. The lowest BCUT2D eigenvalue weighted by Gasteiger charge is -2.34. The van der Waals surface area contributed by atoms with Crippen LogP contribution in [0.1, 0.15) is 38.2 Å². The van der Waals surface area contributed by atoms with E-state index in [1.165, 1.54) is 35.4 Å². The van der Waals surface area contributed by atoms with Gasteiger partial charge in [0.1, 0.15) is 47.5 Å². The second-order valence-electron chi connectivity index (χ2n) is 12.2. The SMILES string of the molecule is CCc1c(F)ccc2cc(O)cc(-c3ncc4c(N5C[C@@H](O)C[C@@H](F)C5)nc(OC[C@@]56CCCN5C[C@H](F)C6)nc4c3F)c12. The minimum atomic E-state index is -1.34. The molecule has 8 nitrogen and oxygen atoms in total. The van der Waals surface area contributed by atoms with E-state index < -0.39 is 35.6 Å². The highest BCUT2D eigenvalue weighted by atomic mass is 19.1. The van der Waals surface area contributed by atoms with Gasteiger partial charge in [-0.05, 0) is 60.3 Å². The monoisotopic (exact) mass is 611 g/mol. The Balaban J connectivity index is 1.38. The number of ether oxygens (including phenoxy) is 1. The van der Waals surface area contributed by atoms with Crippen LogP contribution in [0.2, 0.25) is 0 Å². The number of anilines is 1. The molecule has 5 heterocycles. The van der Waals surface area contributed by atoms with Gasteiger partial charge in [0.25, 0.3) is 0 Å². The van der Waals surface area contributed by atoms with E-state index in [1.54, 1.807) is 6.92 Å². The zero-order valence-corrected chi connectivity index (χ0v) is 24.2. The Bertz CT molecular complexity index is 1750. The van der Waals surface area contributed by atoms with Crippen molar-refractivity contribution in [3.8, 4) is 23.0 Å². The lowest BCUT2D eigenvalue weighted by Crippen LogP contribution is -2.45. The minimum absolute atomic E-state index is 0.0245. The summed E-state index contributed by atoms with van der Waals surface area (Å²) < 4.78 is 66.6. The molecule has 2 aromatic heterocycles. The van der Waals surface area contributed by atoms with Crippen molar-refractivity contribution >= 4 is 27.5 Å². The molecule has 0 radical (unpaired) electrons. The van der Waals surface area contributed by atoms with Gasteiger partial charge >= 0.3 is 6.01 Å². The van der Waals surface area contributed by atoms with Crippen molar-refractivity contribution in [2.75, 3.05) is 37.7 Å². The van der Waals surface area contributed by atoms with Crippen LogP contribution in [-0.2, 0) is 6.42 Å². The first-order chi connectivity index (χ1) is 21.2. The number of nitrogens with zero attached hydrogens (tertiary/aromatic N) is 5. The van der Waals surface area contributed by atoms with E-state index in [1.807, 2.05) is 0 Å². The van der Waals surface area contributed by atoms with Gasteiger partial charge in [-0.2, -0.15) is 9.97 Å². The third kappa shape index (κ3) is 4.88. The van der Waals surface area contributed by atoms with Crippen LogP contribution < -0.4 is 9.64 Å². The average Bonchev–Trinajstić information content (AvgIpc) is 3.51. The van der Waals surface area contributed by atoms with Crippen LogP contribution in [-0.4, -0.2) is 86.8 Å². The smallest absolute Gasteiger partial charge is 0.319 e. The number of fused-ring (bicyclic) bond motifs is 3. The largest absolute Gasteiger partial charge is 0.508 e. The molecule has 3 saturated heterocycles. The van der Waals surface area contributed by atoms with Crippen molar-refractivity contribution in [3.05, 3.63) is 47.7 Å². The zero-order chi connectivity index (χ0) is 30.7. The van der Waals surface area contributed by atoms with E-state index in [9.17, 15) is 23.4 Å². The van der Waals surface area contributed by atoms with Crippen LogP contribution in [0.25, 0.3) is 32.9 Å². The molecular formula is C32H33F4N5O3. The highest BCUT2D eigenvalue weighted by Crippen LogP contribution is 2.42. The number of aromatic nitrogens is 3. The van der Waals surface area contributed by atoms with Crippen molar-refractivity contribution in [2.45, 2.75) is 63.0 Å². The maximum Gasteiger partial charge on any atom is 0.319 e. The molecule has 2 N–H and O–H groups in total. The summed E-state index contributed by atoms with van der Waals surface area (Å²) >= 11 is 0. The van der Waals surface area contributed by atoms with E-state index in [2.05, 4.69) is 19.9 Å². The van der Waals surface area contributed by atoms with E-state index in [-0.39, 0.29) is 65.9 Å². The van der Waals surface area contributed by atoms with Gasteiger partial charge in [0, 0.05) is 37.7 Å². The second-order valence-corrected chi connectivity index (χ2v) is 12.2. The lowest BCUT2D eigenvalue weighted by atomic mass is 9.94. The number of phenols is 1. The molecule has 0 saturated carbocycles. The summed E-state index contributed by atoms with van der Waals surface area (Å²) in [4.78, 5) is 17.0. The number of hydrogen-bond acceptors (Lipinski definition) is 8. The normalized spacial score (nSPS) is 25.7. The molecular weight excluding hydrogens is 578 g/mol. The van der Waals surface area contributed by atoms with Gasteiger partial charge in [-0.15, -0.1) is 0 Å². The summed E-state index contributed by atoms with van der Waals surface area (Å²) in [5.74, 6) is -1.30. The van der Waals surface area contributed by atoms with E-state index >= 15 is 4.39 Å². The number of aliphatic hydroxyl groups is 1. The molecule has 44 heavy (non-hydrogen) atoms. The quantitative estimate of drug-likeness (QED) is 0.286. The molecule has 7 rings (SSSR count). The molecule has 0 amide bonds. The summed E-state index contributed by atoms with van der Waals surface area (Å²) in [7, 11) is 0. The van der Waals surface area contributed by atoms with E-state index in [0.29, 0.717) is 35.7 Å². The van der Waals surface area contributed by atoms with Gasteiger partial charge in [-0.3, -0.25) is 9.88 Å². The molecule has 4 aromatic rings. The molecule has 0 unspecified atom stereocenters. The van der Waals surface area contributed by atoms with Gasteiger partial charge in [-0.1, -0.05) is 13.0 Å². The maximum absolute atomic E-state index is 16.7.